The first-order valence-corrected chi connectivity index (χ1v) is 12.2. The van der Waals surface area contributed by atoms with Gasteiger partial charge < -0.3 is 0 Å². The molecule has 8 aromatic rings. The second kappa shape index (κ2) is 8.94. The van der Waals surface area contributed by atoms with E-state index < -0.39 is 205 Å². The van der Waals surface area contributed by atoms with Gasteiger partial charge in [-0.25, -0.2) is 0 Å². The van der Waals surface area contributed by atoms with Crippen LogP contribution in [0.5, 0.6) is 0 Å². The Morgan fingerprint density at radius 1 is 0.410 bits per heavy atom. The zero-order chi connectivity index (χ0) is 46.6. The van der Waals surface area contributed by atoms with Crippen molar-refractivity contribution < 1.29 is 32.9 Å². The maximum Gasteiger partial charge on any atom is 0.0740 e. The Labute approximate surface area is 265 Å². The van der Waals surface area contributed by atoms with E-state index >= 15 is 0 Å². The first-order chi connectivity index (χ1) is 29.3. The van der Waals surface area contributed by atoms with E-state index in [9.17, 15) is 9.60 Å². The van der Waals surface area contributed by atoms with Crippen LogP contribution in [0.4, 0.5) is 0 Å². The molecular formula is C38H24S. The fourth-order valence-corrected chi connectivity index (χ4v) is 5.17. The molecular weight excluding hydrogens is 488 g/mol. The van der Waals surface area contributed by atoms with E-state index in [0.717, 1.165) is 0 Å². The van der Waals surface area contributed by atoms with Crippen LogP contribution in [0.2, 0.25) is 0 Å². The smallest absolute Gasteiger partial charge is 0.0740 e. The molecule has 0 spiro atoms. The molecule has 0 fully saturated rings. The van der Waals surface area contributed by atoms with Gasteiger partial charge in [-0.15, -0.1) is 11.3 Å². The second-order valence-corrected chi connectivity index (χ2v) is 9.10. The molecule has 0 bridgehead atoms. The quantitative estimate of drug-likeness (QED) is 0.197. The van der Waals surface area contributed by atoms with Gasteiger partial charge in [-0.2, -0.15) is 0 Å². The molecule has 0 unspecified atom stereocenters. The highest BCUT2D eigenvalue weighted by Crippen LogP contribution is 2.45. The van der Waals surface area contributed by atoms with Crippen molar-refractivity contribution in [2.45, 2.75) is 0 Å². The summed E-state index contributed by atoms with van der Waals surface area (Å²) in [6.07, 6.45) is 0. The third-order valence-electron chi connectivity index (χ3n) is 6.17. The lowest BCUT2D eigenvalue weighted by Gasteiger charge is -2.19. The summed E-state index contributed by atoms with van der Waals surface area (Å²) in [6, 6.07) is -20.2. The summed E-state index contributed by atoms with van der Waals surface area (Å²) < 4.78 is 214. The van der Waals surface area contributed by atoms with Gasteiger partial charge in [0.25, 0.3) is 0 Å². The molecule has 0 amide bonds. The number of fused-ring (bicyclic) bond motifs is 4. The third-order valence-corrected chi connectivity index (χ3v) is 6.88. The van der Waals surface area contributed by atoms with E-state index in [1.165, 1.54) is 0 Å². The molecule has 182 valence electrons. The Kier molecular flexibility index (Phi) is 2.04. The van der Waals surface area contributed by atoms with Gasteiger partial charge in [-0.05, 0) is 101 Å². The van der Waals surface area contributed by atoms with Crippen LogP contribution >= 0.6 is 11.3 Å². The maximum absolute atomic E-state index is 9.93. The minimum atomic E-state index is -0.968. The molecule has 1 aromatic heterocycles. The van der Waals surface area contributed by atoms with Gasteiger partial charge in [0.2, 0.25) is 0 Å². The van der Waals surface area contributed by atoms with E-state index in [1.54, 1.807) is 0 Å². The van der Waals surface area contributed by atoms with Gasteiger partial charge in [0.1, 0.15) is 0 Å². The average molecular weight is 537 g/mol. The van der Waals surface area contributed by atoms with Crippen molar-refractivity contribution in [3.63, 3.8) is 0 Å². The van der Waals surface area contributed by atoms with E-state index in [-0.39, 0.29) is 15.4 Å². The molecule has 0 radical (unpaired) electrons. The summed E-state index contributed by atoms with van der Waals surface area (Å²) in [6.45, 7) is 0. The number of benzene rings is 7. The molecule has 0 aliphatic carbocycles. The van der Waals surface area contributed by atoms with Crippen LogP contribution in [-0.2, 0) is 0 Å². The normalized spacial score (nSPS) is 20.2. The lowest BCUT2D eigenvalue weighted by molar-refractivity contribution is 1.65. The van der Waals surface area contributed by atoms with Crippen molar-refractivity contribution >= 4 is 53.7 Å². The van der Waals surface area contributed by atoms with Crippen LogP contribution < -0.4 is 0 Å². The van der Waals surface area contributed by atoms with E-state index in [2.05, 4.69) is 0 Å². The van der Waals surface area contributed by atoms with Gasteiger partial charge >= 0.3 is 0 Å². The molecule has 0 saturated carbocycles. The van der Waals surface area contributed by atoms with E-state index in [0.29, 0.717) is 11.3 Å². The Bertz CT molecular complexity index is 3390. The van der Waals surface area contributed by atoms with Crippen LogP contribution in [0.25, 0.3) is 75.8 Å². The van der Waals surface area contributed by atoms with Crippen molar-refractivity contribution in [3.8, 4) is 33.4 Å². The molecule has 7 aromatic carbocycles. The van der Waals surface area contributed by atoms with Crippen LogP contribution in [0.3, 0.4) is 0 Å². The van der Waals surface area contributed by atoms with Crippen molar-refractivity contribution in [1.29, 1.82) is 0 Å². The van der Waals surface area contributed by atoms with Crippen LogP contribution in [0.1, 0.15) is 32.9 Å². The van der Waals surface area contributed by atoms with Crippen molar-refractivity contribution in [2.75, 3.05) is 0 Å². The summed E-state index contributed by atoms with van der Waals surface area (Å²) in [5.74, 6) is 0. The zero-order valence-corrected chi connectivity index (χ0v) is 20.2. The van der Waals surface area contributed by atoms with Crippen molar-refractivity contribution in [2.24, 2.45) is 0 Å². The predicted molar refractivity (Wildman–Crippen MR) is 171 cm³/mol. The number of thiophene rings is 1. The van der Waals surface area contributed by atoms with Crippen LogP contribution in [0.15, 0.2) is 144 Å². The number of hydrogen-bond donors (Lipinski definition) is 0. The van der Waals surface area contributed by atoms with Crippen molar-refractivity contribution in [3.05, 3.63) is 144 Å². The molecule has 0 nitrogen and oxygen atoms in total. The summed E-state index contributed by atoms with van der Waals surface area (Å²) in [5.41, 5.74) is -4.17. The predicted octanol–water partition coefficient (Wildman–Crippen LogP) is 11.4. The largest absolute Gasteiger partial charge is 0.144 e. The number of rotatable bonds is 3. The Morgan fingerprint density at radius 2 is 1.00 bits per heavy atom. The Balaban J connectivity index is 1.79. The standard InChI is InChI=1S/C38H24S/c1-2-10-26(11-3-1)37-31-14-6-8-16-33(31)38(34-17-9-7-15-32(34)37)29-22-27-12-4-5-13-30(27)35(23-29)28-19-18-25-20-21-39-36(25)24-28/h1-24H/i1D,2D,3D,4D,5D,6D,7D,8D,9D,10D,11D,12D,13D,14D,15D,16D,17D,18D,19D,20D,21D,22D,23D,24D. The first kappa shape index (κ1) is 8.91. The SMILES string of the molecule is [2H]c1sc2c([2H])c(-c3c([2H])c(-c4c5c([2H])c([2H])c([2H])c([2H])c5c(-c5c([2H])c([2H])c([2H])c([2H])c5[2H])c5c([2H])c([2H])c([2H])c([2H])c45)c([2H])c4c([2H])c([2H])c([2H])c([2H])c34)c([2H])c([2H])c2c1[2H]. The fraction of sp³-hybridized carbons (Fsp3) is 0. The summed E-state index contributed by atoms with van der Waals surface area (Å²) in [5, 5.41) is -4.65. The molecule has 0 aliphatic rings. The highest BCUT2D eigenvalue weighted by atomic mass is 32.1. The van der Waals surface area contributed by atoms with Crippen LogP contribution in [-0.4, -0.2) is 0 Å². The van der Waals surface area contributed by atoms with Gasteiger partial charge in [0, 0.05) is 4.70 Å². The molecule has 1 heteroatoms. The molecule has 0 saturated heterocycles. The molecule has 39 heavy (non-hydrogen) atoms. The topological polar surface area (TPSA) is 0 Å². The molecule has 1 heterocycles. The van der Waals surface area contributed by atoms with E-state index in [4.69, 9.17) is 23.3 Å². The van der Waals surface area contributed by atoms with Gasteiger partial charge in [0.15, 0.2) is 0 Å². The highest BCUT2D eigenvalue weighted by molar-refractivity contribution is 7.17. The van der Waals surface area contributed by atoms with E-state index in [1.807, 2.05) is 0 Å². The first-order valence-electron chi connectivity index (χ1n) is 23.4. The summed E-state index contributed by atoms with van der Waals surface area (Å²) in [4.78, 5) is 0. The minimum absolute atomic E-state index is 0.173. The lowest BCUT2D eigenvalue weighted by Crippen LogP contribution is -1.92. The summed E-state index contributed by atoms with van der Waals surface area (Å²) in [7, 11) is 0. The Hall–Kier alpha value is -4.72. The molecule has 0 aliphatic heterocycles. The van der Waals surface area contributed by atoms with Gasteiger partial charge in [0.05, 0.1) is 32.9 Å². The monoisotopic (exact) mass is 536 g/mol. The average Bonchev–Trinajstić information content (AvgIpc) is 3.55. The molecule has 0 atom stereocenters. The molecule has 8 rings (SSSR count). The third kappa shape index (κ3) is 3.59. The second-order valence-electron chi connectivity index (χ2n) is 8.28. The highest BCUT2D eigenvalue weighted by Gasteiger charge is 2.18. The molecule has 0 N–H and O–H groups in total. The number of hydrogen-bond acceptors (Lipinski definition) is 1. The van der Waals surface area contributed by atoms with Gasteiger partial charge in [-0.1, -0.05) is 115 Å². The Morgan fingerprint density at radius 3 is 1.69 bits per heavy atom. The zero-order valence-electron chi connectivity index (χ0n) is 43.4. The fourth-order valence-electron chi connectivity index (χ4n) is 4.56. The minimum Gasteiger partial charge on any atom is -0.144 e. The van der Waals surface area contributed by atoms with Crippen LogP contribution in [0, 0.1) is 0 Å². The van der Waals surface area contributed by atoms with Crippen molar-refractivity contribution in [1.82, 2.24) is 0 Å². The maximum atomic E-state index is 9.93. The van der Waals surface area contributed by atoms with Gasteiger partial charge in [-0.3, -0.25) is 0 Å². The summed E-state index contributed by atoms with van der Waals surface area (Å²) >= 11 is 0.588. The lowest BCUT2D eigenvalue weighted by atomic mass is 9.84.